The maximum atomic E-state index is 13.4. The summed E-state index contributed by atoms with van der Waals surface area (Å²) in [7, 11) is 0. The first-order chi connectivity index (χ1) is 16.1. The highest BCUT2D eigenvalue weighted by Crippen LogP contribution is 2.33. The zero-order valence-corrected chi connectivity index (χ0v) is 19.8. The molecule has 33 heavy (non-hydrogen) atoms. The summed E-state index contributed by atoms with van der Waals surface area (Å²) in [4.78, 5) is 38.8. The molecule has 2 aliphatic heterocycles. The molecule has 1 aromatic heterocycles. The van der Waals surface area contributed by atoms with Gasteiger partial charge in [0.15, 0.2) is 0 Å². The number of H-pyrrole nitrogens is 1. The number of fused-ring (bicyclic) bond motifs is 1. The van der Waals surface area contributed by atoms with E-state index >= 15 is 0 Å². The van der Waals surface area contributed by atoms with E-state index < -0.39 is 0 Å². The van der Waals surface area contributed by atoms with Crippen molar-refractivity contribution in [3.63, 3.8) is 0 Å². The summed E-state index contributed by atoms with van der Waals surface area (Å²) in [6, 6.07) is 9.79. The second-order valence-electron chi connectivity index (χ2n) is 10.2. The van der Waals surface area contributed by atoms with Gasteiger partial charge in [0.25, 0.3) is 5.56 Å². The van der Waals surface area contributed by atoms with E-state index in [1.165, 1.54) is 32.1 Å². The van der Waals surface area contributed by atoms with Crippen LogP contribution in [0.1, 0.15) is 86.5 Å². The van der Waals surface area contributed by atoms with Crippen molar-refractivity contribution in [2.75, 3.05) is 19.6 Å². The van der Waals surface area contributed by atoms with Crippen LogP contribution in [0, 0.1) is 5.92 Å². The minimum absolute atomic E-state index is 0.0114. The van der Waals surface area contributed by atoms with Crippen LogP contribution >= 0.6 is 0 Å². The van der Waals surface area contributed by atoms with E-state index in [1.54, 1.807) is 0 Å². The predicted molar refractivity (Wildman–Crippen MR) is 129 cm³/mol. The minimum Gasteiger partial charge on any atom is -0.332 e. The van der Waals surface area contributed by atoms with Crippen LogP contribution in [0.4, 0.5) is 0 Å². The number of hydrogen-bond acceptors (Lipinski definition) is 4. The molecule has 2 fully saturated rings. The normalized spacial score (nSPS) is 22.8. The van der Waals surface area contributed by atoms with E-state index in [1.807, 2.05) is 42.2 Å². The molecule has 1 saturated heterocycles. The number of amides is 1. The molecular formula is C27H36N4O2. The van der Waals surface area contributed by atoms with E-state index in [0.29, 0.717) is 5.82 Å². The van der Waals surface area contributed by atoms with Gasteiger partial charge in [-0.25, -0.2) is 4.98 Å². The van der Waals surface area contributed by atoms with Gasteiger partial charge in [-0.2, -0.15) is 0 Å². The molecule has 6 nitrogen and oxygen atoms in total. The summed E-state index contributed by atoms with van der Waals surface area (Å²) in [5.41, 5.74) is 2.78. The molecule has 1 amide bonds. The molecule has 176 valence electrons. The van der Waals surface area contributed by atoms with Gasteiger partial charge in [-0.05, 0) is 50.5 Å². The number of benzene rings is 1. The molecule has 1 aromatic carbocycles. The molecule has 1 N–H and O–H groups in total. The Morgan fingerprint density at radius 1 is 1.09 bits per heavy atom. The van der Waals surface area contributed by atoms with Crippen LogP contribution in [-0.2, 0) is 17.8 Å². The van der Waals surface area contributed by atoms with Crippen molar-refractivity contribution in [1.82, 2.24) is 19.8 Å². The Hall–Kier alpha value is -2.47. The average Bonchev–Trinajstić information content (AvgIpc) is 3.34. The topological polar surface area (TPSA) is 69.3 Å². The van der Waals surface area contributed by atoms with Crippen molar-refractivity contribution in [2.45, 2.75) is 76.8 Å². The Morgan fingerprint density at radius 3 is 2.67 bits per heavy atom. The number of aromatic nitrogens is 2. The number of hydrogen-bond donors (Lipinski definition) is 1. The minimum atomic E-state index is -0.206. The maximum absolute atomic E-state index is 13.4. The first-order valence-electron chi connectivity index (χ1n) is 12.8. The molecule has 1 aliphatic carbocycles. The highest BCUT2D eigenvalue weighted by molar-refractivity contribution is 5.84. The predicted octanol–water partition coefficient (Wildman–Crippen LogP) is 4.18. The van der Waals surface area contributed by atoms with Crippen LogP contribution < -0.4 is 5.56 Å². The van der Waals surface area contributed by atoms with Crippen molar-refractivity contribution >= 4 is 5.91 Å². The second-order valence-corrected chi connectivity index (χ2v) is 10.2. The third-order valence-corrected chi connectivity index (χ3v) is 7.93. The Bertz CT molecular complexity index is 1030. The maximum Gasteiger partial charge on any atom is 0.254 e. The highest BCUT2D eigenvalue weighted by Gasteiger charge is 2.35. The molecule has 0 bridgehead atoms. The molecule has 0 spiro atoms. The lowest BCUT2D eigenvalue weighted by molar-refractivity contribution is -0.133. The molecule has 2 aromatic rings. The van der Waals surface area contributed by atoms with Crippen LogP contribution in [-0.4, -0.2) is 45.3 Å². The van der Waals surface area contributed by atoms with Crippen LogP contribution in [0.5, 0.6) is 0 Å². The molecule has 0 unspecified atom stereocenters. The Morgan fingerprint density at radius 2 is 1.88 bits per heavy atom. The van der Waals surface area contributed by atoms with Gasteiger partial charge in [-0.3, -0.25) is 14.5 Å². The summed E-state index contributed by atoms with van der Waals surface area (Å²) < 4.78 is 0. The first kappa shape index (κ1) is 22.3. The number of carbonyl (C=O) groups excluding carboxylic acids is 1. The zero-order chi connectivity index (χ0) is 22.8. The Labute approximate surface area is 196 Å². The van der Waals surface area contributed by atoms with Crippen molar-refractivity contribution in [2.24, 2.45) is 5.92 Å². The molecular weight excluding hydrogens is 412 g/mol. The third kappa shape index (κ3) is 4.77. The Kier molecular flexibility index (Phi) is 6.63. The lowest BCUT2D eigenvalue weighted by Crippen LogP contribution is -2.40. The number of carbonyl (C=O) groups is 1. The summed E-state index contributed by atoms with van der Waals surface area (Å²) in [5, 5.41) is 0. The van der Waals surface area contributed by atoms with Gasteiger partial charge in [0.05, 0.1) is 17.7 Å². The lowest BCUT2D eigenvalue weighted by Gasteiger charge is -2.33. The van der Waals surface area contributed by atoms with Gasteiger partial charge in [0.2, 0.25) is 5.91 Å². The van der Waals surface area contributed by atoms with Gasteiger partial charge in [-0.15, -0.1) is 0 Å². The number of likely N-dealkylation sites (tertiary alicyclic amines) is 1. The monoisotopic (exact) mass is 448 g/mol. The van der Waals surface area contributed by atoms with Crippen LogP contribution in [0.2, 0.25) is 0 Å². The van der Waals surface area contributed by atoms with E-state index in [9.17, 15) is 9.59 Å². The van der Waals surface area contributed by atoms with Gasteiger partial charge >= 0.3 is 0 Å². The molecule has 0 radical (unpaired) electrons. The quantitative estimate of drug-likeness (QED) is 0.745. The van der Waals surface area contributed by atoms with Crippen LogP contribution in [0.3, 0.4) is 0 Å². The summed E-state index contributed by atoms with van der Waals surface area (Å²) in [5.74, 6) is 1.36. The van der Waals surface area contributed by atoms with Gasteiger partial charge in [0, 0.05) is 31.7 Å². The van der Waals surface area contributed by atoms with Crippen LogP contribution in [0.15, 0.2) is 35.1 Å². The summed E-state index contributed by atoms with van der Waals surface area (Å²) >= 11 is 0. The van der Waals surface area contributed by atoms with Gasteiger partial charge in [-0.1, -0.05) is 49.6 Å². The SMILES string of the molecule is C[C@H](C(=O)N1CCC[C@H]1c1nc2c(c(=O)[nH]1)CCN(CC1CCCCC1)C2)c1ccccc1. The number of rotatable bonds is 5. The van der Waals surface area contributed by atoms with E-state index in [4.69, 9.17) is 4.98 Å². The van der Waals surface area contributed by atoms with E-state index in [-0.39, 0.29) is 23.4 Å². The number of nitrogens with one attached hydrogen (secondary N) is 1. The average molecular weight is 449 g/mol. The largest absolute Gasteiger partial charge is 0.332 e. The smallest absolute Gasteiger partial charge is 0.254 e. The van der Waals surface area contributed by atoms with E-state index in [0.717, 1.165) is 68.2 Å². The molecule has 2 atom stereocenters. The zero-order valence-electron chi connectivity index (χ0n) is 19.8. The fraction of sp³-hybridized carbons (Fsp3) is 0.593. The lowest BCUT2D eigenvalue weighted by atomic mass is 9.88. The van der Waals surface area contributed by atoms with E-state index in [2.05, 4.69) is 9.88 Å². The molecule has 1 saturated carbocycles. The number of aromatic amines is 1. The van der Waals surface area contributed by atoms with Gasteiger partial charge in [0.1, 0.15) is 5.82 Å². The third-order valence-electron chi connectivity index (χ3n) is 7.93. The van der Waals surface area contributed by atoms with Gasteiger partial charge < -0.3 is 9.88 Å². The summed E-state index contributed by atoms with van der Waals surface area (Å²) in [6.07, 6.45) is 9.29. The van der Waals surface area contributed by atoms with Crippen molar-refractivity contribution < 1.29 is 4.79 Å². The van der Waals surface area contributed by atoms with Crippen molar-refractivity contribution in [3.8, 4) is 0 Å². The highest BCUT2D eigenvalue weighted by atomic mass is 16.2. The van der Waals surface area contributed by atoms with Crippen molar-refractivity contribution in [3.05, 3.63) is 63.3 Å². The van der Waals surface area contributed by atoms with Crippen LogP contribution in [0.25, 0.3) is 0 Å². The fourth-order valence-electron chi connectivity index (χ4n) is 6.01. The Balaban J connectivity index is 1.34. The van der Waals surface area contributed by atoms with Crippen molar-refractivity contribution in [1.29, 1.82) is 0 Å². The summed E-state index contributed by atoms with van der Waals surface area (Å²) in [6.45, 7) is 5.50. The fourth-order valence-corrected chi connectivity index (χ4v) is 6.01. The number of nitrogens with zero attached hydrogens (tertiary/aromatic N) is 3. The standard InChI is InChI=1S/C27H36N4O2/c1-19(21-11-6-3-7-12-21)27(33)31-15-8-13-24(31)25-28-23-18-30(16-14-22(23)26(32)29-25)17-20-9-4-2-5-10-20/h3,6-7,11-12,19-20,24H,2,4-5,8-10,13-18H2,1H3,(H,28,29,32)/t19-,24-/m0/s1. The molecule has 3 aliphatic rings. The molecule has 6 heteroatoms. The molecule has 3 heterocycles. The molecule has 5 rings (SSSR count). The second kappa shape index (κ2) is 9.80. The first-order valence-corrected chi connectivity index (χ1v) is 12.8.